The summed E-state index contributed by atoms with van der Waals surface area (Å²) in [5.74, 6) is 1.10. The van der Waals surface area contributed by atoms with Crippen molar-refractivity contribution in [3.05, 3.63) is 57.8 Å². The van der Waals surface area contributed by atoms with Crippen molar-refractivity contribution in [2.24, 2.45) is 0 Å². The number of likely N-dealkylation sites (tertiary alicyclic amines) is 1. The molecule has 1 aromatic carbocycles. The van der Waals surface area contributed by atoms with E-state index in [2.05, 4.69) is 39.4 Å². The molecule has 2 atom stereocenters. The van der Waals surface area contributed by atoms with E-state index < -0.39 is 0 Å². The Balaban J connectivity index is 1.19. The van der Waals surface area contributed by atoms with Crippen LogP contribution in [0.25, 0.3) is 11.0 Å². The van der Waals surface area contributed by atoms with Gasteiger partial charge in [-0.3, -0.25) is 14.5 Å². The van der Waals surface area contributed by atoms with E-state index >= 15 is 0 Å². The Bertz CT molecular complexity index is 1290. The number of hydrogen-bond acceptors (Lipinski definition) is 5. The van der Waals surface area contributed by atoms with E-state index in [-0.39, 0.29) is 17.5 Å². The molecule has 3 fully saturated rings. The number of carbonyl (C=O) groups is 1. The number of rotatable bonds is 6. The third kappa shape index (κ3) is 4.29. The fraction of sp³-hybridized carbons (Fsp3) is 0.556. The third-order valence-electron chi connectivity index (χ3n) is 8.38. The van der Waals surface area contributed by atoms with Gasteiger partial charge in [0.25, 0.3) is 11.5 Å². The van der Waals surface area contributed by atoms with Gasteiger partial charge in [0.05, 0.1) is 18.3 Å². The minimum absolute atomic E-state index is 0.00544. The van der Waals surface area contributed by atoms with Gasteiger partial charge < -0.3 is 10.3 Å². The summed E-state index contributed by atoms with van der Waals surface area (Å²) < 4.78 is 1.97. The largest absolute Gasteiger partial charge is 0.349 e. The van der Waals surface area contributed by atoms with Gasteiger partial charge in [0.1, 0.15) is 11.2 Å². The van der Waals surface area contributed by atoms with Gasteiger partial charge in [-0.05, 0) is 75.6 Å². The molecule has 0 spiro atoms. The maximum Gasteiger partial charge on any atom is 0.262 e. The van der Waals surface area contributed by atoms with Crippen molar-refractivity contribution in [2.75, 3.05) is 13.1 Å². The molecule has 0 bridgehead atoms. The Hall–Kier alpha value is -3.00. The third-order valence-corrected chi connectivity index (χ3v) is 8.38. The Labute approximate surface area is 205 Å². The second-order valence-corrected chi connectivity index (χ2v) is 10.6. The van der Waals surface area contributed by atoms with Crippen molar-refractivity contribution in [3.8, 4) is 0 Å². The molecule has 0 radical (unpaired) electrons. The summed E-state index contributed by atoms with van der Waals surface area (Å²) in [6.45, 7) is 3.91. The van der Waals surface area contributed by atoms with Gasteiger partial charge in [-0.15, -0.1) is 0 Å². The fourth-order valence-electron chi connectivity index (χ4n) is 5.91. The van der Waals surface area contributed by atoms with Crippen LogP contribution < -0.4 is 10.9 Å². The van der Waals surface area contributed by atoms with Gasteiger partial charge in [0.2, 0.25) is 0 Å². The highest BCUT2D eigenvalue weighted by Crippen LogP contribution is 2.34. The zero-order valence-electron chi connectivity index (χ0n) is 20.4. The molecule has 8 heteroatoms. The van der Waals surface area contributed by atoms with Gasteiger partial charge in [0.15, 0.2) is 5.65 Å². The molecule has 3 heterocycles. The van der Waals surface area contributed by atoms with Crippen LogP contribution in [-0.4, -0.2) is 49.7 Å². The van der Waals surface area contributed by atoms with Gasteiger partial charge >= 0.3 is 0 Å². The quantitative estimate of drug-likeness (QED) is 0.562. The van der Waals surface area contributed by atoms with Crippen LogP contribution in [0.15, 0.2) is 35.3 Å². The van der Waals surface area contributed by atoms with E-state index in [1.165, 1.54) is 24.8 Å². The van der Waals surface area contributed by atoms with Crippen molar-refractivity contribution >= 4 is 16.9 Å². The number of amides is 1. The zero-order valence-corrected chi connectivity index (χ0v) is 20.4. The first-order chi connectivity index (χ1) is 17.1. The van der Waals surface area contributed by atoms with E-state index in [9.17, 15) is 9.59 Å². The monoisotopic (exact) mass is 474 g/mol. The van der Waals surface area contributed by atoms with Crippen molar-refractivity contribution in [2.45, 2.75) is 82.3 Å². The highest BCUT2D eigenvalue weighted by molar-refractivity contribution is 5.94. The van der Waals surface area contributed by atoms with Gasteiger partial charge in [0, 0.05) is 18.2 Å². The van der Waals surface area contributed by atoms with Crippen LogP contribution in [0, 0.1) is 0 Å². The molecule has 2 unspecified atom stereocenters. The Morgan fingerprint density at radius 2 is 1.97 bits per heavy atom. The highest BCUT2D eigenvalue weighted by atomic mass is 16.1. The Kier molecular flexibility index (Phi) is 5.92. The lowest BCUT2D eigenvalue weighted by atomic mass is 9.92. The van der Waals surface area contributed by atoms with Crippen LogP contribution in [0.5, 0.6) is 0 Å². The summed E-state index contributed by atoms with van der Waals surface area (Å²) in [7, 11) is 0. The second-order valence-electron chi connectivity index (χ2n) is 10.6. The number of H-pyrrole nitrogens is 1. The van der Waals surface area contributed by atoms with Crippen LogP contribution >= 0.6 is 0 Å². The summed E-state index contributed by atoms with van der Waals surface area (Å²) in [6, 6.07) is 8.76. The molecule has 1 aliphatic heterocycles. The molecule has 2 N–H and O–H groups in total. The SMILES string of the molecule is CC(c1nc2c(cnn2C2CCCC2)c(=O)[nH]1)N1CCC(c2cccc(C(=O)NC3CCC3)c2)C1. The lowest BCUT2D eigenvalue weighted by molar-refractivity contribution is 0.0917. The number of fused-ring (bicyclic) bond motifs is 1. The molecule has 2 aliphatic carbocycles. The summed E-state index contributed by atoms with van der Waals surface area (Å²) in [5.41, 5.74) is 2.56. The number of benzene rings is 1. The standard InChI is InChI=1S/C27H34N6O2/c1-17(24-30-25-23(27(35)31-24)15-28-33(25)22-10-2-3-11-22)32-13-12-20(16-32)18-6-4-7-19(14-18)26(34)29-21-8-5-9-21/h4,6-7,14-15,17,20-22H,2-3,5,8-13,16H2,1H3,(H,29,34)(H,30,31,35). The zero-order chi connectivity index (χ0) is 23.9. The van der Waals surface area contributed by atoms with Crippen LogP contribution in [-0.2, 0) is 0 Å². The first-order valence-corrected chi connectivity index (χ1v) is 13.2. The summed E-state index contributed by atoms with van der Waals surface area (Å²) in [6.07, 6.45) is 10.7. The molecule has 35 heavy (non-hydrogen) atoms. The van der Waals surface area contributed by atoms with Gasteiger partial charge in [-0.2, -0.15) is 5.10 Å². The molecular weight excluding hydrogens is 440 g/mol. The number of aromatic amines is 1. The number of nitrogens with zero attached hydrogens (tertiary/aromatic N) is 4. The van der Waals surface area contributed by atoms with Crippen LogP contribution in [0.3, 0.4) is 0 Å². The van der Waals surface area contributed by atoms with Gasteiger partial charge in [-0.1, -0.05) is 25.0 Å². The second kappa shape index (κ2) is 9.22. The van der Waals surface area contributed by atoms with Crippen molar-refractivity contribution in [3.63, 3.8) is 0 Å². The smallest absolute Gasteiger partial charge is 0.262 e. The molecule has 6 rings (SSSR count). The average Bonchev–Trinajstić information content (AvgIpc) is 3.61. The first-order valence-electron chi connectivity index (χ1n) is 13.2. The lowest BCUT2D eigenvalue weighted by Crippen LogP contribution is -2.39. The van der Waals surface area contributed by atoms with Crippen molar-refractivity contribution < 1.29 is 4.79 Å². The number of hydrogen-bond donors (Lipinski definition) is 2. The molecule has 1 saturated heterocycles. The number of nitrogens with one attached hydrogen (secondary N) is 2. The Morgan fingerprint density at radius 1 is 1.14 bits per heavy atom. The van der Waals surface area contributed by atoms with Crippen LogP contribution in [0.4, 0.5) is 0 Å². The molecule has 2 saturated carbocycles. The van der Waals surface area contributed by atoms with Gasteiger partial charge in [-0.25, -0.2) is 9.67 Å². The van der Waals surface area contributed by atoms with E-state index in [1.807, 2.05) is 16.8 Å². The molecule has 8 nitrogen and oxygen atoms in total. The molecule has 3 aromatic rings. The molecular formula is C27H34N6O2. The van der Waals surface area contributed by atoms with Crippen molar-refractivity contribution in [1.82, 2.24) is 30.0 Å². The Morgan fingerprint density at radius 3 is 2.74 bits per heavy atom. The molecule has 2 aromatic heterocycles. The van der Waals surface area contributed by atoms with E-state index in [1.54, 1.807) is 6.20 Å². The maximum atomic E-state index is 12.8. The predicted molar refractivity (Wildman–Crippen MR) is 135 cm³/mol. The average molecular weight is 475 g/mol. The van der Waals surface area contributed by atoms with E-state index in [0.717, 1.165) is 50.8 Å². The molecule has 3 aliphatic rings. The lowest BCUT2D eigenvalue weighted by Gasteiger charge is -2.26. The maximum absolute atomic E-state index is 12.8. The minimum atomic E-state index is -0.109. The summed E-state index contributed by atoms with van der Waals surface area (Å²) in [5, 5.41) is 8.24. The summed E-state index contributed by atoms with van der Waals surface area (Å²) >= 11 is 0. The first kappa shape index (κ1) is 22.5. The normalized spacial score (nSPS) is 22.5. The van der Waals surface area contributed by atoms with Crippen molar-refractivity contribution in [1.29, 1.82) is 0 Å². The predicted octanol–water partition coefficient (Wildman–Crippen LogP) is 4.07. The van der Waals surface area contributed by atoms with Crippen LogP contribution in [0.1, 0.15) is 98.0 Å². The highest BCUT2D eigenvalue weighted by Gasteiger charge is 2.30. The van der Waals surface area contributed by atoms with Crippen LogP contribution in [0.2, 0.25) is 0 Å². The minimum Gasteiger partial charge on any atom is -0.349 e. The topological polar surface area (TPSA) is 95.9 Å². The van der Waals surface area contributed by atoms with E-state index in [0.29, 0.717) is 34.9 Å². The number of carbonyl (C=O) groups excluding carboxylic acids is 1. The molecule has 1 amide bonds. The van der Waals surface area contributed by atoms with E-state index in [4.69, 9.17) is 4.98 Å². The number of aromatic nitrogens is 4. The summed E-state index contributed by atoms with van der Waals surface area (Å²) in [4.78, 5) is 35.8. The molecule has 184 valence electrons. The fourth-order valence-corrected chi connectivity index (χ4v) is 5.91.